The van der Waals surface area contributed by atoms with Crippen LogP contribution in [-0.2, 0) is 14.2 Å². The number of aliphatic hydroxyl groups is 1. The first-order chi connectivity index (χ1) is 8.92. The lowest BCUT2D eigenvalue weighted by Gasteiger charge is -2.64. The van der Waals surface area contributed by atoms with Crippen molar-refractivity contribution in [3.05, 3.63) is 0 Å². The topological polar surface area (TPSA) is 47.9 Å². The number of hydrogen-bond acceptors (Lipinski definition) is 4. The molecule has 2 aliphatic carbocycles. The van der Waals surface area contributed by atoms with Crippen LogP contribution in [0.2, 0.25) is 0 Å². The van der Waals surface area contributed by atoms with Gasteiger partial charge in [0.25, 0.3) is 0 Å². The molecule has 0 amide bonds. The molecule has 4 heteroatoms. The highest BCUT2D eigenvalue weighted by Gasteiger charge is 2.86. The maximum atomic E-state index is 10.0. The molecule has 0 aromatic heterocycles. The van der Waals surface area contributed by atoms with E-state index in [4.69, 9.17) is 14.2 Å². The molecule has 5 aliphatic heterocycles. The van der Waals surface area contributed by atoms with Gasteiger partial charge in [-0.15, -0.1) is 0 Å². The van der Waals surface area contributed by atoms with Crippen LogP contribution >= 0.6 is 0 Å². The molecule has 0 unspecified atom stereocenters. The molecule has 106 valence electrons. The van der Waals surface area contributed by atoms with E-state index in [2.05, 4.69) is 13.8 Å². The Morgan fingerprint density at radius 1 is 1.21 bits per heavy atom. The largest absolute Gasteiger partial charge is 0.393 e. The van der Waals surface area contributed by atoms with Gasteiger partial charge in [-0.2, -0.15) is 0 Å². The van der Waals surface area contributed by atoms with Gasteiger partial charge in [0.2, 0.25) is 0 Å². The first-order valence-electron chi connectivity index (χ1n) is 7.55. The number of fused-ring (bicyclic) bond motifs is 2. The Bertz CT molecular complexity index is 469. The van der Waals surface area contributed by atoms with Crippen molar-refractivity contribution >= 4 is 0 Å². The average Bonchev–Trinajstić information content (AvgIpc) is 2.64. The van der Waals surface area contributed by atoms with Gasteiger partial charge in [-0.25, -0.2) is 0 Å². The van der Waals surface area contributed by atoms with Gasteiger partial charge >= 0.3 is 0 Å². The van der Waals surface area contributed by atoms with Gasteiger partial charge < -0.3 is 19.3 Å². The lowest BCUT2D eigenvalue weighted by Crippen LogP contribution is -2.70. The van der Waals surface area contributed by atoms with Gasteiger partial charge in [0.1, 0.15) is 5.60 Å². The molecule has 0 aromatic rings. The van der Waals surface area contributed by atoms with Crippen LogP contribution in [0.1, 0.15) is 46.0 Å². The van der Waals surface area contributed by atoms with Crippen LogP contribution in [0.3, 0.4) is 0 Å². The van der Waals surface area contributed by atoms with E-state index in [0.717, 1.165) is 38.7 Å². The molecule has 7 rings (SSSR count). The van der Waals surface area contributed by atoms with Crippen LogP contribution in [-0.4, -0.2) is 41.4 Å². The van der Waals surface area contributed by atoms with Crippen molar-refractivity contribution < 1.29 is 19.3 Å². The smallest absolute Gasteiger partial charge is 0.180 e. The van der Waals surface area contributed by atoms with Crippen LogP contribution in [0, 0.1) is 10.8 Å². The Hall–Kier alpha value is -0.160. The normalized spacial score (nSPS) is 68.7. The first-order valence-corrected chi connectivity index (χ1v) is 7.55. The average molecular weight is 266 g/mol. The third kappa shape index (κ3) is 0.892. The third-order valence-electron chi connectivity index (χ3n) is 7.31. The molecule has 2 saturated carbocycles. The summed E-state index contributed by atoms with van der Waals surface area (Å²) in [6.07, 6.45) is 5.14. The highest BCUT2D eigenvalue weighted by atomic mass is 16.7. The number of rotatable bonds is 1. The first kappa shape index (κ1) is 11.5. The molecule has 7 aliphatic rings. The van der Waals surface area contributed by atoms with Crippen molar-refractivity contribution in [1.29, 1.82) is 0 Å². The summed E-state index contributed by atoms with van der Waals surface area (Å²) in [4.78, 5) is 0. The molecule has 19 heavy (non-hydrogen) atoms. The van der Waals surface area contributed by atoms with Crippen molar-refractivity contribution in [2.75, 3.05) is 13.2 Å². The minimum atomic E-state index is -0.489. The number of aliphatic hydroxyl groups excluding tert-OH is 1. The summed E-state index contributed by atoms with van der Waals surface area (Å²) in [7, 11) is 0. The maximum absolute atomic E-state index is 10.0. The zero-order valence-corrected chi connectivity index (χ0v) is 11.7. The molecule has 6 atom stereocenters. The second-order valence-corrected chi connectivity index (χ2v) is 7.99. The molecule has 7 fully saturated rings. The SMILES string of the molecule is C[C@@]12CC[C@@]3(CO1)[C@]1(C2)O[C@H]2C[C@@](CO)(O1)[C@]3(C)C2. The molecule has 1 N–H and O–H groups in total. The lowest BCUT2D eigenvalue weighted by atomic mass is 9.49. The van der Waals surface area contributed by atoms with Gasteiger partial charge in [0.15, 0.2) is 5.79 Å². The standard InChI is InChI=1S/C15H22O4/c1-11-3-4-13(9-17-11)12(2)5-10-6-14(12,8-16)19-15(13,7-11)18-10/h10,16H,3-9H2,1-2H3/t10-,11+,12-,13+,14+,15-/m1/s1. The highest BCUT2D eigenvalue weighted by molar-refractivity contribution is 5.30. The Labute approximate surface area is 113 Å². The molecule has 2 spiro atoms. The predicted molar refractivity (Wildman–Crippen MR) is 66.5 cm³/mol. The van der Waals surface area contributed by atoms with Crippen LogP contribution in [0.25, 0.3) is 0 Å². The van der Waals surface area contributed by atoms with Crippen LogP contribution < -0.4 is 0 Å². The Kier molecular flexibility index (Phi) is 1.67. The van der Waals surface area contributed by atoms with E-state index in [9.17, 15) is 5.11 Å². The van der Waals surface area contributed by atoms with Gasteiger partial charge in [-0.1, -0.05) is 6.92 Å². The van der Waals surface area contributed by atoms with E-state index < -0.39 is 11.4 Å². The summed E-state index contributed by atoms with van der Waals surface area (Å²) in [6.45, 7) is 5.34. The van der Waals surface area contributed by atoms with Gasteiger partial charge in [0, 0.05) is 18.3 Å². The summed E-state index contributed by atoms with van der Waals surface area (Å²) in [5, 5.41) is 10.0. The zero-order valence-electron chi connectivity index (χ0n) is 11.7. The van der Waals surface area contributed by atoms with Crippen molar-refractivity contribution in [2.24, 2.45) is 10.8 Å². The van der Waals surface area contributed by atoms with E-state index in [0.29, 0.717) is 0 Å². The molecule has 5 heterocycles. The van der Waals surface area contributed by atoms with E-state index in [-0.39, 0.29) is 29.1 Å². The molecular weight excluding hydrogens is 244 g/mol. The second-order valence-electron chi connectivity index (χ2n) is 7.99. The molecule has 4 nitrogen and oxygen atoms in total. The van der Waals surface area contributed by atoms with Crippen LogP contribution in [0.4, 0.5) is 0 Å². The second kappa shape index (κ2) is 2.76. The van der Waals surface area contributed by atoms with Gasteiger partial charge in [-0.3, -0.25) is 0 Å². The monoisotopic (exact) mass is 266 g/mol. The fourth-order valence-corrected chi connectivity index (χ4v) is 6.22. The maximum Gasteiger partial charge on any atom is 0.180 e. The fraction of sp³-hybridized carbons (Fsp3) is 1.00. The fourth-order valence-electron chi connectivity index (χ4n) is 6.22. The van der Waals surface area contributed by atoms with E-state index in [1.54, 1.807) is 0 Å². The minimum absolute atomic E-state index is 0.000579. The Morgan fingerprint density at radius 2 is 2.05 bits per heavy atom. The van der Waals surface area contributed by atoms with Crippen molar-refractivity contribution in [3.8, 4) is 0 Å². The number of ether oxygens (including phenoxy) is 3. The minimum Gasteiger partial charge on any atom is -0.393 e. The molecular formula is C15H22O4. The summed E-state index contributed by atoms with van der Waals surface area (Å²) >= 11 is 0. The zero-order chi connectivity index (χ0) is 13.1. The quantitative estimate of drug-likeness (QED) is 0.783. The van der Waals surface area contributed by atoms with Crippen molar-refractivity contribution in [3.63, 3.8) is 0 Å². The van der Waals surface area contributed by atoms with Crippen molar-refractivity contribution in [1.82, 2.24) is 0 Å². The summed E-state index contributed by atoms with van der Waals surface area (Å²) < 4.78 is 19.1. The molecule has 0 aromatic carbocycles. The third-order valence-corrected chi connectivity index (χ3v) is 7.31. The van der Waals surface area contributed by atoms with E-state index in [1.807, 2.05) is 0 Å². The molecule has 0 radical (unpaired) electrons. The lowest BCUT2D eigenvalue weighted by molar-refractivity contribution is -0.405. The number of hydrogen-bond donors (Lipinski definition) is 1. The van der Waals surface area contributed by atoms with Gasteiger partial charge in [0.05, 0.1) is 30.3 Å². The Balaban J connectivity index is 1.76. The van der Waals surface area contributed by atoms with Crippen LogP contribution in [0.15, 0.2) is 0 Å². The molecule has 5 saturated heterocycles. The summed E-state index contributed by atoms with van der Waals surface area (Å²) in [6, 6.07) is 0. The predicted octanol–water partition coefficient (Wildman–Crippen LogP) is 1.60. The summed E-state index contributed by atoms with van der Waals surface area (Å²) in [5.74, 6) is -0.489. The van der Waals surface area contributed by atoms with Crippen LogP contribution in [0.5, 0.6) is 0 Å². The van der Waals surface area contributed by atoms with E-state index >= 15 is 0 Å². The van der Waals surface area contributed by atoms with Gasteiger partial charge in [-0.05, 0) is 26.2 Å². The summed E-state index contributed by atoms with van der Waals surface area (Å²) in [5.41, 5.74) is -0.546. The Morgan fingerprint density at radius 3 is 2.74 bits per heavy atom. The molecule has 6 bridgehead atoms. The van der Waals surface area contributed by atoms with E-state index in [1.165, 1.54) is 0 Å². The highest BCUT2D eigenvalue weighted by Crippen LogP contribution is 2.79. The van der Waals surface area contributed by atoms with Crippen molar-refractivity contribution in [2.45, 2.75) is 69.0 Å².